The number of nitrogens with zero attached hydrogens (tertiary/aromatic N) is 5. The van der Waals surface area contributed by atoms with Gasteiger partial charge in [-0.1, -0.05) is 6.07 Å². The van der Waals surface area contributed by atoms with Gasteiger partial charge < -0.3 is 19.1 Å². The van der Waals surface area contributed by atoms with Crippen LogP contribution in [0, 0.1) is 0 Å². The van der Waals surface area contributed by atoms with E-state index in [9.17, 15) is 9.59 Å². The maximum absolute atomic E-state index is 12.6. The van der Waals surface area contributed by atoms with E-state index in [0.29, 0.717) is 19.7 Å². The molecule has 130 valence electrons. The van der Waals surface area contributed by atoms with Crippen LogP contribution in [0.1, 0.15) is 0 Å². The molecule has 0 N–H and O–H groups in total. The standard InChI is InChI=1S/C17H19N5O3/c23-16-3-1-2-6-20(16)12-17(24)21-10-13-14(11-21)25-8-7-22(13)15-9-18-4-5-19-15/h1-6,9,13-14H,7-8,10-12H2/t13-,14-/m0/s1. The molecular weight excluding hydrogens is 322 g/mol. The van der Waals surface area contributed by atoms with Gasteiger partial charge in [0.1, 0.15) is 12.4 Å². The molecule has 2 aliphatic rings. The first kappa shape index (κ1) is 15.8. The first-order valence-corrected chi connectivity index (χ1v) is 8.30. The van der Waals surface area contributed by atoms with Crippen molar-refractivity contribution >= 4 is 11.7 Å². The van der Waals surface area contributed by atoms with E-state index in [2.05, 4.69) is 14.9 Å². The van der Waals surface area contributed by atoms with Gasteiger partial charge in [0.2, 0.25) is 5.91 Å². The lowest BCUT2D eigenvalue weighted by Crippen LogP contribution is -2.51. The number of carbonyl (C=O) groups is 1. The van der Waals surface area contributed by atoms with Crippen LogP contribution in [-0.2, 0) is 16.1 Å². The van der Waals surface area contributed by atoms with Gasteiger partial charge in [-0.3, -0.25) is 14.6 Å². The van der Waals surface area contributed by atoms with E-state index < -0.39 is 0 Å². The third kappa shape index (κ3) is 3.12. The number of fused-ring (bicyclic) bond motifs is 1. The van der Waals surface area contributed by atoms with E-state index in [1.54, 1.807) is 41.8 Å². The number of carbonyl (C=O) groups excluding carboxylic acids is 1. The average Bonchev–Trinajstić information content (AvgIpc) is 3.09. The number of hydrogen-bond acceptors (Lipinski definition) is 6. The van der Waals surface area contributed by atoms with E-state index in [-0.39, 0.29) is 30.2 Å². The second kappa shape index (κ2) is 6.64. The third-order valence-electron chi connectivity index (χ3n) is 4.70. The Hall–Kier alpha value is -2.74. The van der Waals surface area contributed by atoms with Gasteiger partial charge in [-0.25, -0.2) is 4.98 Å². The number of rotatable bonds is 3. The Balaban J connectivity index is 1.48. The predicted octanol–water partition coefficient (Wildman–Crippen LogP) is -0.245. The number of likely N-dealkylation sites (tertiary alicyclic amines) is 1. The first-order chi connectivity index (χ1) is 12.2. The summed E-state index contributed by atoms with van der Waals surface area (Å²) >= 11 is 0. The summed E-state index contributed by atoms with van der Waals surface area (Å²) in [6.07, 6.45) is 6.62. The SMILES string of the molecule is O=C(Cn1ccccc1=O)N1C[C@@H]2OCCN(c3cnccn3)[C@H]2C1. The zero-order valence-corrected chi connectivity index (χ0v) is 13.7. The summed E-state index contributed by atoms with van der Waals surface area (Å²) in [7, 11) is 0. The second-order valence-corrected chi connectivity index (χ2v) is 6.20. The number of morpholine rings is 1. The molecule has 0 aliphatic carbocycles. The van der Waals surface area contributed by atoms with Crippen LogP contribution in [0.25, 0.3) is 0 Å². The Morgan fingerprint density at radius 3 is 3.00 bits per heavy atom. The van der Waals surface area contributed by atoms with E-state index in [0.717, 1.165) is 12.4 Å². The molecule has 0 aromatic carbocycles. The summed E-state index contributed by atoms with van der Waals surface area (Å²) in [6.45, 7) is 2.45. The molecule has 1 amide bonds. The molecule has 0 radical (unpaired) electrons. The molecule has 8 nitrogen and oxygen atoms in total. The van der Waals surface area contributed by atoms with Gasteiger partial charge in [0, 0.05) is 44.3 Å². The van der Waals surface area contributed by atoms with Crippen molar-refractivity contribution in [3.8, 4) is 0 Å². The molecule has 0 spiro atoms. The summed E-state index contributed by atoms with van der Waals surface area (Å²) in [4.78, 5) is 36.8. The van der Waals surface area contributed by atoms with Gasteiger partial charge in [-0.05, 0) is 6.07 Å². The van der Waals surface area contributed by atoms with Crippen molar-refractivity contribution in [1.29, 1.82) is 0 Å². The van der Waals surface area contributed by atoms with E-state index in [1.165, 1.54) is 10.6 Å². The largest absolute Gasteiger partial charge is 0.372 e. The molecule has 8 heteroatoms. The highest BCUT2D eigenvalue weighted by Crippen LogP contribution is 2.26. The summed E-state index contributed by atoms with van der Waals surface area (Å²) in [6, 6.07) is 4.93. The monoisotopic (exact) mass is 341 g/mol. The first-order valence-electron chi connectivity index (χ1n) is 8.30. The minimum absolute atomic E-state index is 0.0459. The number of hydrogen-bond donors (Lipinski definition) is 0. The Morgan fingerprint density at radius 1 is 1.28 bits per heavy atom. The van der Waals surface area contributed by atoms with Crippen molar-refractivity contribution in [3.63, 3.8) is 0 Å². The number of pyridine rings is 1. The van der Waals surface area contributed by atoms with Crippen molar-refractivity contribution < 1.29 is 9.53 Å². The number of anilines is 1. The second-order valence-electron chi connectivity index (χ2n) is 6.20. The molecule has 4 rings (SSSR count). The molecule has 25 heavy (non-hydrogen) atoms. The molecule has 2 aromatic heterocycles. The summed E-state index contributed by atoms with van der Waals surface area (Å²) in [5.74, 6) is 0.722. The average molecular weight is 341 g/mol. The highest BCUT2D eigenvalue weighted by atomic mass is 16.5. The smallest absolute Gasteiger partial charge is 0.250 e. The lowest BCUT2D eigenvalue weighted by atomic mass is 10.1. The van der Waals surface area contributed by atoms with Crippen molar-refractivity contribution in [2.45, 2.75) is 18.7 Å². The van der Waals surface area contributed by atoms with Gasteiger partial charge in [0.05, 0.1) is 24.9 Å². The minimum atomic E-state index is -0.176. The Labute approximate surface area is 144 Å². The zero-order valence-electron chi connectivity index (χ0n) is 13.7. The van der Waals surface area contributed by atoms with E-state index in [4.69, 9.17) is 4.74 Å². The fraction of sp³-hybridized carbons (Fsp3) is 0.412. The zero-order chi connectivity index (χ0) is 17.2. The molecule has 4 heterocycles. The van der Waals surface area contributed by atoms with Crippen molar-refractivity contribution in [2.24, 2.45) is 0 Å². The number of ether oxygens (including phenoxy) is 1. The van der Waals surface area contributed by atoms with Crippen molar-refractivity contribution in [3.05, 3.63) is 53.3 Å². The highest BCUT2D eigenvalue weighted by Gasteiger charge is 2.42. The van der Waals surface area contributed by atoms with Crippen LogP contribution < -0.4 is 10.5 Å². The van der Waals surface area contributed by atoms with E-state index in [1.807, 2.05) is 0 Å². The molecule has 2 aromatic rings. The maximum Gasteiger partial charge on any atom is 0.250 e. The fourth-order valence-corrected chi connectivity index (χ4v) is 3.45. The summed E-state index contributed by atoms with van der Waals surface area (Å²) in [5.41, 5.74) is -0.176. The Bertz CT molecular complexity index is 809. The van der Waals surface area contributed by atoms with Crippen LogP contribution in [0.4, 0.5) is 5.82 Å². The Morgan fingerprint density at radius 2 is 2.20 bits per heavy atom. The topological polar surface area (TPSA) is 80.6 Å². The van der Waals surface area contributed by atoms with Crippen molar-refractivity contribution in [2.75, 3.05) is 31.1 Å². The van der Waals surface area contributed by atoms with Gasteiger partial charge in [0.25, 0.3) is 5.56 Å². The van der Waals surface area contributed by atoms with Crippen LogP contribution in [-0.4, -0.2) is 63.7 Å². The maximum atomic E-state index is 12.6. The van der Waals surface area contributed by atoms with Gasteiger partial charge in [-0.2, -0.15) is 0 Å². The molecule has 2 saturated heterocycles. The molecule has 0 bridgehead atoms. The molecule has 2 atom stereocenters. The number of amides is 1. The van der Waals surface area contributed by atoms with Crippen LogP contribution >= 0.6 is 0 Å². The van der Waals surface area contributed by atoms with Crippen LogP contribution in [0.2, 0.25) is 0 Å². The summed E-state index contributed by atoms with van der Waals surface area (Å²) < 4.78 is 7.28. The quantitative estimate of drug-likeness (QED) is 0.766. The molecule has 2 fully saturated rings. The molecule has 0 saturated carbocycles. The van der Waals surface area contributed by atoms with Crippen molar-refractivity contribution in [1.82, 2.24) is 19.4 Å². The lowest BCUT2D eigenvalue weighted by Gasteiger charge is -2.37. The van der Waals surface area contributed by atoms with Gasteiger partial charge in [0.15, 0.2) is 0 Å². The van der Waals surface area contributed by atoms with E-state index >= 15 is 0 Å². The number of aromatic nitrogens is 3. The normalized spacial score (nSPS) is 22.7. The molecular formula is C17H19N5O3. The third-order valence-corrected chi connectivity index (χ3v) is 4.70. The molecule has 0 unspecified atom stereocenters. The lowest BCUT2D eigenvalue weighted by molar-refractivity contribution is -0.131. The fourth-order valence-electron chi connectivity index (χ4n) is 3.45. The summed E-state index contributed by atoms with van der Waals surface area (Å²) in [5, 5.41) is 0. The van der Waals surface area contributed by atoms with Gasteiger partial charge >= 0.3 is 0 Å². The van der Waals surface area contributed by atoms with Crippen LogP contribution in [0.3, 0.4) is 0 Å². The Kier molecular flexibility index (Phi) is 4.19. The van der Waals surface area contributed by atoms with Gasteiger partial charge in [-0.15, -0.1) is 0 Å². The van der Waals surface area contributed by atoms with Crippen LogP contribution in [0.15, 0.2) is 47.8 Å². The molecule has 2 aliphatic heterocycles. The van der Waals surface area contributed by atoms with Crippen LogP contribution in [0.5, 0.6) is 0 Å². The highest BCUT2D eigenvalue weighted by molar-refractivity contribution is 5.76. The predicted molar refractivity (Wildman–Crippen MR) is 90.2 cm³/mol. The minimum Gasteiger partial charge on any atom is -0.372 e.